The van der Waals surface area contributed by atoms with E-state index >= 15 is 0 Å². The Bertz CT molecular complexity index is 659. The van der Waals surface area contributed by atoms with Crippen molar-refractivity contribution in [3.05, 3.63) is 60.4 Å². The Kier molecular flexibility index (Phi) is 5.82. The Hall–Kier alpha value is -2.73. The fourth-order valence-electron chi connectivity index (χ4n) is 2.08. The van der Waals surface area contributed by atoms with Crippen LogP contribution >= 0.6 is 0 Å². The van der Waals surface area contributed by atoms with Crippen molar-refractivity contribution >= 4 is 23.2 Å². The molecule has 0 aromatic heterocycles. The van der Waals surface area contributed by atoms with Gasteiger partial charge in [0, 0.05) is 11.4 Å². The van der Waals surface area contributed by atoms with Gasteiger partial charge in [-0.2, -0.15) is 0 Å². The third kappa shape index (κ3) is 5.88. The molecule has 23 heavy (non-hydrogen) atoms. The first-order chi connectivity index (χ1) is 11.0. The second-order valence-corrected chi connectivity index (χ2v) is 5.28. The molecule has 2 aromatic carbocycles. The maximum Gasteiger partial charge on any atom is 0.279 e. The quantitative estimate of drug-likeness (QED) is 0.742. The van der Waals surface area contributed by atoms with Gasteiger partial charge in [-0.3, -0.25) is 9.59 Å². The highest BCUT2D eigenvalue weighted by atomic mass is 19.1. The van der Waals surface area contributed by atoms with Gasteiger partial charge in [0.2, 0.25) is 0 Å². The van der Waals surface area contributed by atoms with E-state index in [4.69, 9.17) is 0 Å². The lowest BCUT2D eigenvalue weighted by Crippen LogP contribution is -3.11. The number of quaternary nitrogens is 1. The summed E-state index contributed by atoms with van der Waals surface area (Å²) in [5, 5.41) is 5.43. The summed E-state index contributed by atoms with van der Waals surface area (Å²) in [7, 11) is 1.76. The van der Waals surface area contributed by atoms with Gasteiger partial charge in [0.15, 0.2) is 13.1 Å². The SMILES string of the molecule is C[NH+](CC(=O)Nc1ccccc1)CC(=O)Nc1ccc(F)cc1. The summed E-state index contributed by atoms with van der Waals surface area (Å²) >= 11 is 0. The average Bonchev–Trinajstić information content (AvgIpc) is 2.50. The number of carbonyl (C=O) groups excluding carboxylic acids is 2. The molecule has 2 aromatic rings. The topological polar surface area (TPSA) is 62.6 Å². The Labute approximate surface area is 134 Å². The van der Waals surface area contributed by atoms with Crippen LogP contribution in [0.2, 0.25) is 0 Å². The number of para-hydroxylation sites is 1. The second kappa shape index (κ2) is 8.05. The molecule has 0 spiro atoms. The molecule has 5 nitrogen and oxygen atoms in total. The van der Waals surface area contributed by atoms with Crippen LogP contribution in [0.25, 0.3) is 0 Å². The number of halogens is 1. The van der Waals surface area contributed by atoms with Gasteiger partial charge in [-0.1, -0.05) is 18.2 Å². The molecule has 6 heteroatoms. The highest BCUT2D eigenvalue weighted by Crippen LogP contribution is 2.07. The molecule has 0 fully saturated rings. The number of anilines is 2. The van der Waals surface area contributed by atoms with Crippen LogP contribution in [0.15, 0.2) is 54.6 Å². The molecule has 0 saturated heterocycles. The number of carbonyl (C=O) groups is 2. The van der Waals surface area contributed by atoms with Crippen molar-refractivity contribution in [2.45, 2.75) is 0 Å². The van der Waals surface area contributed by atoms with Crippen LogP contribution in [0.5, 0.6) is 0 Å². The van der Waals surface area contributed by atoms with E-state index in [9.17, 15) is 14.0 Å². The van der Waals surface area contributed by atoms with Crippen molar-refractivity contribution in [2.24, 2.45) is 0 Å². The van der Waals surface area contributed by atoms with Crippen molar-refractivity contribution in [2.75, 3.05) is 30.8 Å². The van der Waals surface area contributed by atoms with Crippen LogP contribution < -0.4 is 15.5 Å². The zero-order chi connectivity index (χ0) is 16.7. The molecule has 0 aliphatic carbocycles. The summed E-state index contributed by atoms with van der Waals surface area (Å²) in [6.45, 7) is 0.311. The van der Waals surface area contributed by atoms with Gasteiger partial charge < -0.3 is 15.5 Å². The lowest BCUT2D eigenvalue weighted by molar-refractivity contribution is -0.862. The molecule has 0 heterocycles. The molecule has 2 amide bonds. The molecule has 0 aliphatic rings. The van der Waals surface area contributed by atoms with Gasteiger partial charge in [0.05, 0.1) is 7.05 Å². The summed E-state index contributed by atoms with van der Waals surface area (Å²) in [5.74, 6) is -0.756. The van der Waals surface area contributed by atoms with Gasteiger partial charge in [-0.25, -0.2) is 4.39 Å². The Morgan fingerprint density at radius 1 is 0.870 bits per heavy atom. The molecule has 0 saturated carbocycles. The number of hydrogen-bond acceptors (Lipinski definition) is 2. The molecular weight excluding hydrogens is 297 g/mol. The summed E-state index contributed by atoms with van der Waals surface area (Å²) in [6.07, 6.45) is 0. The van der Waals surface area contributed by atoms with Crippen LogP contribution in [-0.2, 0) is 9.59 Å². The van der Waals surface area contributed by atoms with Crippen LogP contribution in [-0.4, -0.2) is 32.0 Å². The Balaban J connectivity index is 1.77. The predicted octanol–water partition coefficient (Wildman–Crippen LogP) is 0.918. The second-order valence-electron chi connectivity index (χ2n) is 5.28. The zero-order valence-corrected chi connectivity index (χ0v) is 12.8. The first kappa shape index (κ1) is 16.6. The number of hydrogen-bond donors (Lipinski definition) is 3. The van der Waals surface area contributed by atoms with E-state index in [-0.39, 0.29) is 30.7 Å². The van der Waals surface area contributed by atoms with Gasteiger partial charge in [0.25, 0.3) is 11.8 Å². The van der Waals surface area contributed by atoms with E-state index in [1.165, 1.54) is 24.3 Å². The number of amides is 2. The minimum Gasteiger partial charge on any atom is -0.322 e. The standard InChI is InChI=1S/C17H18FN3O2/c1-21(11-16(22)19-14-5-3-2-4-6-14)12-17(23)20-15-9-7-13(18)8-10-15/h2-10H,11-12H2,1H3,(H,19,22)(H,20,23)/p+1. The first-order valence-corrected chi connectivity index (χ1v) is 7.24. The molecular formula is C17H19FN3O2+. The number of nitrogens with one attached hydrogen (secondary N) is 3. The van der Waals surface area contributed by atoms with Gasteiger partial charge >= 0.3 is 0 Å². The lowest BCUT2D eigenvalue weighted by atomic mass is 10.3. The normalized spacial score (nSPS) is 11.6. The molecule has 1 atom stereocenters. The smallest absolute Gasteiger partial charge is 0.279 e. The minimum atomic E-state index is -0.358. The molecule has 2 rings (SSSR count). The molecule has 0 radical (unpaired) electrons. The summed E-state index contributed by atoms with van der Waals surface area (Å²) in [5.41, 5.74) is 1.25. The van der Waals surface area contributed by atoms with Gasteiger partial charge in [0.1, 0.15) is 5.82 Å². The van der Waals surface area contributed by atoms with Crippen molar-refractivity contribution in [3.8, 4) is 0 Å². The van der Waals surface area contributed by atoms with E-state index in [1.807, 2.05) is 18.2 Å². The fourth-order valence-corrected chi connectivity index (χ4v) is 2.08. The number of rotatable bonds is 6. The summed E-state index contributed by atoms with van der Waals surface area (Å²) in [4.78, 5) is 24.5. The van der Waals surface area contributed by atoms with Crippen molar-refractivity contribution < 1.29 is 18.9 Å². The molecule has 120 valence electrons. The number of likely N-dealkylation sites (N-methyl/N-ethyl adjacent to an activating group) is 1. The average molecular weight is 316 g/mol. The van der Waals surface area contributed by atoms with Crippen LogP contribution in [0.1, 0.15) is 0 Å². The Morgan fingerprint density at radius 3 is 1.87 bits per heavy atom. The molecule has 0 bridgehead atoms. The molecule has 0 aliphatic heterocycles. The lowest BCUT2D eigenvalue weighted by Gasteiger charge is -2.13. The van der Waals surface area contributed by atoms with Crippen molar-refractivity contribution in [1.82, 2.24) is 0 Å². The largest absolute Gasteiger partial charge is 0.322 e. The van der Waals surface area contributed by atoms with Crippen LogP contribution in [0, 0.1) is 5.82 Å². The fraction of sp³-hybridized carbons (Fsp3) is 0.176. The van der Waals surface area contributed by atoms with E-state index in [0.717, 1.165) is 10.6 Å². The van der Waals surface area contributed by atoms with Crippen molar-refractivity contribution in [3.63, 3.8) is 0 Å². The maximum absolute atomic E-state index is 12.8. The number of benzene rings is 2. The van der Waals surface area contributed by atoms with Crippen molar-refractivity contribution in [1.29, 1.82) is 0 Å². The highest BCUT2D eigenvalue weighted by Gasteiger charge is 2.14. The Morgan fingerprint density at radius 2 is 1.35 bits per heavy atom. The monoisotopic (exact) mass is 316 g/mol. The third-order valence-electron chi connectivity index (χ3n) is 3.11. The summed E-state index contributed by atoms with van der Waals surface area (Å²) < 4.78 is 12.8. The zero-order valence-electron chi connectivity index (χ0n) is 12.8. The predicted molar refractivity (Wildman–Crippen MR) is 86.7 cm³/mol. The molecule has 1 unspecified atom stereocenters. The van der Waals surface area contributed by atoms with E-state index in [0.29, 0.717) is 5.69 Å². The van der Waals surface area contributed by atoms with E-state index in [1.54, 1.807) is 19.2 Å². The van der Waals surface area contributed by atoms with E-state index in [2.05, 4.69) is 10.6 Å². The van der Waals surface area contributed by atoms with Crippen LogP contribution in [0.3, 0.4) is 0 Å². The third-order valence-corrected chi connectivity index (χ3v) is 3.11. The van der Waals surface area contributed by atoms with Gasteiger partial charge in [-0.05, 0) is 36.4 Å². The minimum absolute atomic E-state index is 0.138. The summed E-state index contributed by atoms with van der Waals surface area (Å²) in [6, 6.07) is 14.7. The molecule has 3 N–H and O–H groups in total. The van der Waals surface area contributed by atoms with E-state index < -0.39 is 0 Å². The maximum atomic E-state index is 12.8. The highest BCUT2D eigenvalue weighted by molar-refractivity contribution is 5.93. The van der Waals surface area contributed by atoms with Crippen LogP contribution in [0.4, 0.5) is 15.8 Å². The van der Waals surface area contributed by atoms with Gasteiger partial charge in [-0.15, -0.1) is 0 Å². The first-order valence-electron chi connectivity index (χ1n) is 7.24.